The van der Waals surface area contributed by atoms with E-state index < -0.39 is 11.7 Å². The van der Waals surface area contributed by atoms with Crippen LogP contribution < -0.4 is 0 Å². The minimum atomic E-state index is -4.34. The molecule has 2 rings (SSSR count). The van der Waals surface area contributed by atoms with Crippen molar-refractivity contribution in [3.8, 4) is 11.4 Å². The zero-order valence-electron chi connectivity index (χ0n) is 7.71. The first-order valence-electron chi connectivity index (χ1n) is 4.20. The minimum Gasteiger partial charge on any atom is -0.293 e. The Balaban J connectivity index is 2.48. The van der Waals surface area contributed by atoms with Crippen molar-refractivity contribution in [3.05, 3.63) is 33.8 Å². The summed E-state index contributed by atoms with van der Waals surface area (Å²) in [5.74, 6) is 0.362. The van der Waals surface area contributed by atoms with Gasteiger partial charge in [-0.15, -0.1) is 0 Å². The van der Waals surface area contributed by atoms with Crippen molar-refractivity contribution in [2.75, 3.05) is 0 Å². The van der Waals surface area contributed by atoms with Crippen LogP contribution in [0.1, 0.15) is 5.56 Å². The Morgan fingerprint density at radius 2 is 2.06 bits per heavy atom. The summed E-state index contributed by atoms with van der Waals surface area (Å²) >= 11 is 5.90. The largest absolute Gasteiger partial charge is 0.416 e. The number of alkyl halides is 3. The van der Waals surface area contributed by atoms with Crippen molar-refractivity contribution in [1.82, 2.24) is 9.36 Å². The molecular formula is C9H5F3N2S2. The summed E-state index contributed by atoms with van der Waals surface area (Å²) < 4.78 is 40.4. The summed E-state index contributed by atoms with van der Waals surface area (Å²) in [7, 11) is 0. The highest BCUT2D eigenvalue weighted by Crippen LogP contribution is 2.31. The third-order valence-electron chi connectivity index (χ3n) is 1.90. The van der Waals surface area contributed by atoms with Crippen molar-refractivity contribution in [2.45, 2.75) is 6.18 Å². The fourth-order valence-electron chi connectivity index (χ4n) is 1.20. The van der Waals surface area contributed by atoms with E-state index >= 15 is 0 Å². The average molecular weight is 262 g/mol. The second-order valence-electron chi connectivity index (χ2n) is 3.01. The molecule has 0 aliphatic rings. The van der Waals surface area contributed by atoms with E-state index in [0.717, 1.165) is 23.7 Å². The molecule has 0 bridgehead atoms. The van der Waals surface area contributed by atoms with Crippen molar-refractivity contribution in [3.63, 3.8) is 0 Å². The topological polar surface area (TPSA) is 28.7 Å². The maximum Gasteiger partial charge on any atom is 0.416 e. The fraction of sp³-hybridized carbons (Fsp3) is 0.111. The Hall–Kier alpha value is -1.21. The molecule has 0 atom stereocenters. The fourth-order valence-corrected chi connectivity index (χ4v) is 1.90. The van der Waals surface area contributed by atoms with Gasteiger partial charge in [-0.1, -0.05) is 12.1 Å². The second kappa shape index (κ2) is 3.99. The zero-order chi connectivity index (χ0) is 11.8. The van der Waals surface area contributed by atoms with E-state index in [-0.39, 0.29) is 0 Å². The molecule has 16 heavy (non-hydrogen) atoms. The molecule has 0 amide bonds. The first-order valence-corrected chi connectivity index (χ1v) is 5.42. The van der Waals surface area contributed by atoms with Gasteiger partial charge in [0.1, 0.15) is 5.82 Å². The van der Waals surface area contributed by atoms with E-state index in [1.165, 1.54) is 6.07 Å². The van der Waals surface area contributed by atoms with Crippen LogP contribution >= 0.6 is 23.8 Å². The van der Waals surface area contributed by atoms with E-state index in [1.54, 1.807) is 6.07 Å². The van der Waals surface area contributed by atoms with Crippen LogP contribution in [0.3, 0.4) is 0 Å². The monoisotopic (exact) mass is 262 g/mol. The molecule has 0 spiro atoms. The van der Waals surface area contributed by atoms with Crippen molar-refractivity contribution >= 4 is 23.8 Å². The summed E-state index contributed by atoms with van der Waals surface area (Å²) in [6.45, 7) is 0. The Labute approximate surface area is 97.9 Å². The van der Waals surface area contributed by atoms with Gasteiger partial charge in [0.2, 0.25) is 0 Å². The van der Waals surface area contributed by atoms with Gasteiger partial charge >= 0.3 is 6.18 Å². The molecule has 0 saturated carbocycles. The Bertz CT molecular complexity index is 556. The average Bonchev–Trinajstić information content (AvgIpc) is 2.64. The van der Waals surface area contributed by atoms with E-state index in [1.807, 2.05) is 0 Å². The molecule has 1 heterocycles. The summed E-state index contributed by atoms with van der Waals surface area (Å²) in [5, 5.41) is 0. The van der Waals surface area contributed by atoms with Gasteiger partial charge in [0.25, 0.3) is 0 Å². The molecule has 0 aliphatic heterocycles. The van der Waals surface area contributed by atoms with E-state index in [0.29, 0.717) is 15.3 Å². The predicted octanol–water partition coefficient (Wildman–Crippen LogP) is 3.89. The van der Waals surface area contributed by atoms with Gasteiger partial charge in [-0.05, 0) is 35.9 Å². The standard InChI is InChI=1S/C9H5F3N2S2/c10-9(11,12)6-3-1-2-5(4-6)7-13-8(15)16-14-7/h1-4H,(H,13,14,15). The zero-order valence-corrected chi connectivity index (χ0v) is 9.34. The van der Waals surface area contributed by atoms with Crippen LogP contribution in [0.15, 0.2) is 24.3 Å². The Morgan fingerprint density at radius 1 is 1.31 bits per heavy atom. The molecule has 84 valence electrons. The molecule has 0 saturated heterocycles. The van der Waals surface area contributed by atoms with Gasteiger partial charge in [0, 0.05) is 5.56 Å². The molecule has 2 nitrogen and oxygen atoms in total. The summed E-state index contributed by atoms with van der Waals surface area (Å²) in [6, 6.07) is 4.95. The predicted molar refractivity (Wildman–Crippen MR) is 57.7 cm³/mol. The van der Waals surface area contributed by atoms with Crippen LogP contribution in [0.25, 0.3) is 11.4 Å². The SMILES string of the molecule is FC(F)(F)c1cccc(-c2nc(=S)s[nH]2)c1. The molecule has 1 N–H and O–H groups in total. The van der Waals surface area contributed by atoms with E-state index in [2.05, 4.69) is 9.36 Å². The normalized spacial score (nSPS) is 11.7. The number of benzene rings is 1. The van der Waals surface area contributed by atoms with Crippen molar-refractivity contribution in [1.29, 1.82) is 0 Å². The Kier molecular flexibility index (Phi) is 2.81. The number of rotatable bonds is 1. The molecule has 7 heteroatoms. The van der Waals surface area contributed by atoms with Crippen LogP contribution in [0, 0.1) is 3.95 Å². The van der Waals surface area contributed by atoms with E-state index in [4.69, 9.17) is 12.2 Å². The lowest BCUT2D eigenvalue weighted by Crippen LogP contribution is -2.04. The van der Waals surface area contributed by atoms with Gasteiger partial charge < -0.3 is 0 Å². The number of nitrogens with one attached hydrogen (secondary N) is 1. The maximum absolute atomic E-state index is 12.4. The molecule has 1 aromatic carbocycles. The second-order valence-corrected chi connectivity index (χ2v) is 4.45. The molecule has 1 aromatic heterocycles. The minimum absolute atomic E-state index is 0.362. The van der Waals surface area contributed by atoms with Crippen LogP contribution in [-0.2, 0) is 6.18 Å². The molecule has 2 aromatic rings. The Morgan fingerprint density at radius 3 is 2.62 bits per heavy atom. The van der Waals surface area contributed by atoms with Crippen molar-refractivity contribution in [2.24, 2.45) is 0 Å². The molecule has 0 fully saturated rings. The van der Waals surface area contributed by atoms with Gasteiger partial charge in [0.15, 0.2) is 3.95 Å². The summed E-state index contributed by atoms with van der Waals surface area (Å²) in [4.78, 5) is 3.91. The van der Waals surface area contributed by atoms with Gasteiger partial charge in [0.05, 0.1) is 5.56 Å². The molecule has 0 aliphatic carbocycles. The van der Waals surface area contributed by atoms with Gasteiger partial charge in [-0.2, -0.15) is 13.2 Å². The van der Waals surface area contributed by atoms with E-state index in [9.17, 15) is 13.2 Å². The maximum atomic E-state index is 12.4. The van der Waals surface area contributed by atoms with Gasteiger partial charge in [-0.3, -0.25) is 4.37 Å². The molecule has 0 radical (unpaired) electrons. The number of H-pyrrole nitrogens is 1. The highest BCUT2D eigenvalue weighted by atomic mass is 32.2. The lowest BCUT2D eigenvalue weighted by Gasteiger charge is -2.06. The quantitative estimate of drug-likeness (QED) is 0.790. The lowest BCUT2D eigenvalue weighted by molar-refractivity contribution is -0.137. The smallest absolute Gasteiger partial charge is 0.293 e. The summed E-state index contributed by atoms with van der Waals surface area (Å²) in [6.07, 6.45) is -4.34. The first kappa shape index (κ1) is 11.3. The van der Waals surface area contributed by atoms with Crippen LogP contribution in [0.4, 0.5) is 13.2 Å². The number of aromatic nitrogens is 2. The van der Waals surface area contributed by atoms with Crippen LogP contribution in [0.2, 0.25) is 0 Å². The number of halogens is 3. The highest BCUT2D eigenvalue weighted by molar-refractivity contribution is 7.73. The van der Waals surface area contributed by atoms with Crippen molar-refractivity contribution < 1.29 is 13.2 Å². The third-order valence-corrected chi connectivity index (χ3v) is 2.80. The number of hydrogen-bond acceptors (Lipinski definition) is 3. The van der Waals surface area contributed by atoms with Gasteiger partial charge in [-0.25, -0.2) is 4.98 Å². The lowest BCUT2D eigenvalue weighted by atomic mass is 10.1. The van der Waals surface area contributed by atoms with Crippen LogP contribution in [0.5, 0.6) is 0 Å². The highest BCUT2D eigenvalue weighted by Gasteiger charge is 2.30. The number of aromatic amines is 1. The summed E-state index contributed by atoms with van der Waals surface area (Å²) in [5.41, 5.74) is -0.320. The molecular weight excluding hydrogens is 257 g/mol. The molecule has 0 unspecified atom stereocenters. The van der Waals surface area contributed by atoms with Crippen LogP contribution in [-0.4, -0.2) is 9.36 Å². The third kappa shape index (κ3) is 2.30. The number of hydrogen-bond donors (Lipinski definition) is 1. The first-order chi connectivity index (χ1) is 7.47. The number of nitrogens with zero attached hydrogens (tertiary/aromatic N) is 1.